The van der Waals surface area contributed by atoms with Crippen molar-refractivity contribution in [2.75, 3.05) is 6.54 Å². The first-order chi connectivity index (χ1) is 11.7. The van der Waals surface area contributed by atoms with E-state index in [0.29, 0.717) is 6.42 Å². The normalized spacial score (nSPS) is 13.6. The maximum Gasteiger partial charge on any atom is 0.407 e. The van der Waals surface area contributed by atoms with Crippen LogP contribution in [0.25, 0.3) is 0 Å². The monoisotopic (exact) mass is 353 g/mol. The molecule has 0 saturated heterocycles. The first-order valence-corrected chi connectivity index (χ1v) is 8.22. The number of hydrogen-bond acceptors (Lipinski definition) is 6. The average molecular weight is 353 g/mol. The molecule has 0 aromatic heterocycles. The molecule has 25 heavy (non-hydrogen) atoms. The van der Waals surface area contributed by atoms with E-state index in [4.69, 9.17) is 9.47 Å². The highest BCUT2D eigenvalue weighted by Gasteiger charge is 2.25. The number of rotatable bonds is 8. The number of alkyl carbamates (subject to hydrolysis) is 1. The summed E-state index contributed by atoms with van der Waals surface area (Å²) in [6.07, 6.45) is -2.92. The van der Waals surface area contributed by atoms with Crippen LogP contribution in [0.15, 0.2) is 30.3 Å². The van der Waals surface area contributed by atoms with Gasteiger partial charge in [0.05, 0.1) is 6.10 Å². The van der Waals surface area contributed by atoms with Crippen molar-refractivity contribution < 1.29 is 29.3 Å². The second-order valence-electron chi connectivity index (χ2n) is 6.68. The first kappa shape index (κ1) is 20.9. The Balaban J connectivity index is 2.23. The van der Waals surface area contributed by atoms with Gasteiger partial charge in [-0.25, -0.2) is 9.59 Å². The van der Waals surface area contributed by atoms with Crippen LogP contribution in [0.5, 0.6) is 0 Å². The first-order valence-electron chi connectivity index (χ1n) is 8.22. The van der Waals surface area contributed by atoms with Gasteiger partial charge in [0.15, 0.2) is 6.10 Å². The molecule has 3 N–H and O–H groups in total. The van der Waals surface area contributed by atoms with E-state index in [1.165, 1.54) is 0 Å². The smallest absolute Gasteiger partial charge is 0.407 e. The molecule has 0 aliphatic rings. The Morgan fingerprint density at radius 3 is 2.40 bits per heavy atom. The van der Waals surface area contributed by atoms with E-state index in [1.54, 1.807) is 32.9 Å². The third-order valence-electron chi connectivity index (χ3n) is 3.17. The number of benzene rings is 1. The minimum absolute atomic E-state index is 0.0314. The lowest BCUT2D eigenvalue weighted by molar-refractivity contribution is -0.161. The van der Waals surface area contributed by atoms with Crippen molar-refractivity contribution in [3.8, 4) is 0 Å². The molecule has 1 amide bonds. The van der Waals surface area contributed by atoms with Crippen LogP contribution in [0.4, 0.5) is 4.79 Å². The zero-order valence-electron chi connectivity index (χ0n) is 14.9. The van der Waals surface area contributed by atoms with Crippen LogP contribution < -0.4 is 5.32 Å². The molecule has 1 rings (SSSR count). The summed E-state index contributed by atoms with van der Waals surface area (Å²) in [4.78, 5) is 23.2. The van der Waals surface area contributed by atoms with Crippen molar-refractivity contribution in [2.45, 2.75) is 58.0 Å². The molecule has 0 spiro atoms. The van der Waals surface area contributed by atoms with Crippen molar-refractivity contribution in [3.63, 3.8) is 0 Å². The molecule has 7 nitrogen and oxygen atoms in total. The zero-order chi connectivity index (χ0) is 18.9. The second-order valence-corrected chi connectivity index (χ2v) is 6.68. The number of aliphatic hydroxyl groups excluding tert-OH is 2. The van der Waals surface area contributed by atoms with Crippen LogP contribution >= 0.6 is 0 Å². The van der Waals surface area contributed by atoms with E-state index in [2.05, 4.69) is 5.32 Å². The molecular formula is C18H27NO6. The lowest BCUT2D eigenvalue weighted by atomic mass is 10.1. The van der Waals surface area contributed by atoms with Crippen molar-refractivity contribution in [1.29, 1.82) is 0 Å². The number of ether oxygens (including phenoxy) is 2. The van der Waals surface area contributed by atoms with Gasteiger partial charge in [0.2, 0.25) is 0 Å². The molecule has 140 valence electrons. The van der Waals surface area contributed by atoms with Crippen molar-refractivity contribution in [3.05, 3.63) is 35.9 Å². The number of aliphatic hydroxyl groups is 2. The van der Waals surface area contributed by atoms with Gasteiger partial charge in [0.25, 0.3) is 0 Å². The fourth-order valence-electron chi connectivity index (χ4n) is 1.94. The number of carbonyl (C=O) groups excluding carboxylic acids is 2. The molecule has 1 aromatic rings. The van der Waals surface area contributed by atoms with Gasteiger partial charge in [0, 0.05) is 6.54 Å². The zero-order valence-corrected chi connectivity index (χ0v) is 14.9. The van der Waals surface area contributed by atoms with Gasteiger partial charge in [-0.3, -0.25) is 0 Å². The summed E-state index contributed by atoms with van der Waals surface area (Å²) >= 11 is 0. The summed E-state index contributed by atoms with van der Waals surface area (Å²) in [6, 6.07) is 9.05. The molecule has 0 bridgehead atoms. The molecule has 7 heteroatoms. The lowest BCUT2D eigenvalue weighted by Gasteiger charge is -2.20. The molecule has 0 unspecified atom stereocenters. The van der Waals surface area contributed by atoms with Crippen LogP contribution in [-0.4, -0.2) is 46.6 Å². The molecule has 0 heterocycles. The molecule has 0 radical (unpaired) electrons. The van der Waals surface area contributed by atoms with E-state index >= 15 is 0 Å². The topological polar surface area (TPSA) is 105 Å². The fraction of sp³-hybridized carbons (Fsp3) is 0.556. The summed E-state index contributed by atoms with van der Waals surface area (Å²) in [6.45, 7) is 5.57. The standard InChI is InChI=1S/C18H27NO6/c1-18(2,3)25-17(23)19-11-7-10-14(20)15(21)16(22)24-12-13-8-5-4-6-9-13/h4-6,8-9,14-15,20-21H,7,10-12H2,1-3H3,(H,19,23)/t14-,15+/m1/s1. The SMILES string of the molecule is CC(C)(C)OC(=O)NCCC[C@@H](O)[C@H](O)C(=O)OCc1ccccc1. The maximum atomic E-state index is 11.7. The van der Waals surface area contributed by atoms with Gasteiger partial charge in [-0.05, 0) is 39.2 Å². The van der Waals surface area contributed by atoms with E-state index in [0.717, 1.165) is 5.56 Å². The Morgan fingerprint density at radius 1 is 1.16 bits per heavy atom. The number of carbonyl (C=O) groups is 2. The van der Waals surface area contributed by atoms with E-state index in [1.807, 2.05) is 18.2 Å². The Morgan fingerprint density at radius 2 is 1.80 bits per heavy atom. The maximum absolute atomic E-state index is 11.7. The number of nitrogens with one attached hydrogen (secondary N) is 1. The Labute approximate surface area is 147 Å². The van der Waals surface area contributed by atoms with Gasteiger partial charge in [0.1, 0.15) is 12.2 Å². The summed E-state index contributed by atoms with van der Waals surface area (Å²) in [5.74, 6) is -0.878. The minimum Gasteiger partial charge on any atom is -0.459 e. The Hall–Kier alpha value is -2.12. The molecule has 0 fully saturated rings. The molecule has 0 aliphatic carbocycles. The summed E-state index contributed by atoms with van der Waals surface area (Å²) in [5, 5.41) is 22.2. The van der Waals surface area contributed by atoms with Crippen molar-refractivity contribution in [1.82, 2.24) is 5.32 Å². The predicted octanol–water partition coefficient (Wildman–Crippen LogP) is 1.76. The van der Waals surface area contributed by atoms with Gasteiger partial charge in [-0.15, -0.1) is 0 Å². The van der Waals surface area contributed by atoms with Crippen LogP contribution in [0.1, 0.15) is 39.2 Å². The highest BCUT2D eigenvalue weighted by Crippen LogP contribution is 2.08. The van der Waals surface area contributed by atoms with Gasteiger partial charge in [-0.1, -0.05) is 30.3 Å². The average Bonchev–Trinajstić information content (AvgIpc) is 2.55. The van der Waals surface area contributed by atoms with E-state index in [-0.39, 0.29) is 19.6 Å². The summed E-state index contributed by atoms with van der Waals surface area (Å²) in [7, 11) is 0. The Bertz CT molecular complexity index is 540. The van der Waals surface area contributed by atoms with E-state index in [9.17, 15) is 19.8 Å². The third-order valence-corrected chi connectivity index (χ3v) is 3.17. The fourth-order valence-corrected chi connectivity index (χ4v) is 1.94. The minimum atomic E-state index is -1.62. The summed E-state index contributed by atoms with van der Waals surface area (Å²) < 4.78 is 10.0. The van der Waals surface area contributed by atoms with Crippen LogP contribution in [-0.2, 0) is 20.9 Å². The number of esters is 1. The Kier molecular flexibility index (Phi) is 8.37. The van der Waals surface area contributed by atoms with Crippen molar-refractivity contribution in [2.24, 2.45) is 0 Å². The van der Waals surface area contributed by atoms with Crippen LogP contribution in [0, 0.1) is 0 Å². The van der Waals surface area contributed by atoms with Crippen LogP contribution in [0.3, 0.4) is 0 Å². The summed E-state index contributed by atoms with van der Waals surface area (Å²) in [5.41, 5.74) is 0.210. The highest BCUT2D eigenvalue weighted by atomic mass is 16.6. The molecule has 2 atom stereocenters. The van der Waals surface area contributed by atoms with Crippen molar-refractivity contribution >= 4 is 12.1 Å². The highest BCUT2D eigenvalue weighted by molar-refractivity contribution is 5.75. The second kappa shape index (κ2) is 10.0. The van der Waals surface area contributed by atoms with E-state index < -0.39 is 29.9 Å². The van der Waals surface area contributed by atoms with Gasteiger partial charge >= 0.3 is 12.1 Å². The molecular weight excluding hydrogens is 326 g/mol. The largest absolute Gasteiger partial charge is 0.459 e. The van der Waals surface area contributed by atoms with Gasteiger partial charge in [-0.2, -0.15) is 0 Å². The molecule has 1 aromatic carbocycles. The molecule has 0 saturated carbocycles. The number of amides is 1. The predicted molar refractivity (Wildman–Crippen MR) is 91.7 cm³/mol. The molecule has 0 aliphatic heterocycles. The third kappa shape index (κ3) is 9.07. The van der Waals surface area contributed by atoms with Gasteiger partial charge < -0.3 is 25.0 Å². The quantitative estimate of drug-likeness (QED) is 0.486. The van der Waals surface area contributed by atoms with Crippen LogP contribution in [0.2, 0.25) is 0 Å². The lowest BCUT2D eigenvalue weighted by Crippen LogP contribution is -2.36. The number of hydrogen-bond donors (Lipinski definition) is 3.